The third-order valence-electron chi connectivity index (χ3n) is 2.27. The van der Waals surface area contributed by atoms with E-state index in [1.807, 2.05) is 71.1 Å². The average molecular weight is 420 g/mol. The molecule has 120 valence electrons. The van der Waals surface area contributed by atoms with E-state index in [0.29, 0.717) is 7.92 Å². The minimum atomic E-state index is 0. The molecule has 2 aliphatic carbocycles. The summed E-state index contributed by atoms with van der Waals surface area (Å²) in [5, 5.41) is 0. The van der Waals surface area contributed by atoms with Crippen LogP contribution in [0.4, 0.5) is 0 Å². The molecule has 0 saturated heterocycles. The van der Waals surface area contributed by atoms with Crippen molar-refractivity contribution in [3.8, 4) is 0 Å². The Balaban J connectivity index is 0. The first-order valence-electron chi connectivity index (χ1n) is 7.20. The van der Waals surface area contributed by atoms with Gasteiger partial charge in [0.05, 0.1) is 0 Å². The van der Waals surface area contributed by atoms with Crippen LogP contribution < -0.4 is 0 Å². The Morgan fingerprint density at radius 3 is 1.22 bits per heavy atom. The van der Waals surface area contributed by atoms with E-state index in [1.54, 1.807) is 0 Å². The van der Waals surface area contributed by atoms with Crippen molar-refractivity contribution in [2.24, 2.45) is 0 Å². The van der Waals surface area contributed by atoms with Crippen LogP contribution in [-0.2, 0) is 26.2 Å². The number of rotatable bonds is 0. The van der Waals surface area contributed by atoms with Crippen molar-refractivity contribution in [2.45, 2.75) is 13.8 Å². The fourth-order valence-corrected chi connectivity index (χ4v) is 1.77. The molecular formula is C20H26P2Zr. The summed E-state index contributed by atoms with van der Waals surface area (Å²) in [6, 6.07) is 3.02. The van der Waals surface area contributed by atoms with Gasteiger partial charge in [0.2, 0.25) is 0 Å². The minimum absolute atomic E-state index is 0. The van der Waals surface area contributed by atoms with Crippen molar-refractivity contribution in [3.63, 3.8) is 0 Å². The van der Waals surface area contributed by atoms with E-state index in [1.165, 1.54) is 11.1 Å². The van der Waals surface area contributed by atoms with Gasteiger partial charge >= 0.3 is 0 Å². The number of hydrogen-bond acceptors (Lipinski definition) is 0. The maximum Gasteiger partial charge on any atom is 0.0224 e. The molecule has 0 aromatic carbocycles. The molecule has 0 nitrogen and oxygen atoms in total. The quantitative estimate of drug-likeness (QED) is 0.461. The summed E-state index contributed by atoms with van der Waals surface area (Å²) in [6.45, 7) is 10.8. The zero-order valence-corrected chi connectivity index (χ0v) is 19.0. The van der Waals surface area contributed by atoms with Gasteiger partial charge in [0.1, 0.15) is 0 Å². The summed E-state index contributed by atoms with van der Waals surface area (Å²) in [4.78, 5) is 0. The molecule has 0 atom stereocenters. The maximum absolute atomic E-state index is 3.02. The summed E-state index contributed by atoms with van der Waals surface area (Å²) in [5.74, 6) is 5.10. The molecule has 2 saturated carbocycles. The van der Waals surface area contributed by atoms with Gasteiger partial charge in [-0.2, -0.15) is 0 Å². The standard InChI is InChI=1S/C7H7P.2C5H5.C3H9P.Zr/c1-6-3-4-8-5-7(6)2;2*1-2-4-5-3-1;1-4(2)3;/h5H,1-2H3;2*1-5H;1-3H3;. The predicted molar refractivity (Wildman–Crippen MR) is 104 cm³/mol. The van der Waals surface area contributed by atoms with Crippen LogP contribution in [0.5, 0.6) is 0 Å². The van der Waals surface area contributed by atoms with Crippen molar-refractivity contribution in [2.75, 3.05) is 20.0 Å². The van der Waals surface area contributed by atoms with Crippen LogP contribution in [0.3, 0.4) is 0 Å². The van der Waals surface area contributed by atoms with Crippen LogP contribution >= 0.6 is 16.1 Å². The molecule has 1 aromatic rings. The Morgan fingerprint density at radius 1 is 0.739 bits per heavy atom. The van der Waals surface area contributed by atoms with Gasteiger partial charge in [-0.1, -0.05) is 8.19 Å². The third-order valence-corrected chi connectivity index (χ3v) is 3.03. The zero-order valence-electron chi connectivity index (χ0n) is 14.7. The van der Waals surface area contributed by atoms with Gasteiger partial charge in [-0.25, -0.2) is 0 Å². The first-order valence-corrected chi connectivity index (χ1v) is 10.8. The van der Waals surface area contributed by atoms with E-state index in [2.05, 4.69) is 44.6 Å². The van der Waals surface area contributed by atoms with E-state index in [-0.39, 0.29) is 26.2 Å². The Morgan fingerprint density at radius 2 is 1.04 bits per heavy atom. The third kappa shape index (κ3) is 20.9. The van der Waals surface area contributed by atoms with Crippen LogP contribution in [0.1, 0.15) is 11.1 Å². The molecule has 1 heterocycles. The van der Waals surface area contributed by atoms with E-state index >= 15 is 0 Å². The van der Waals surface area contributed by atoms with E-state index in [0.717, 1.165) is 8.19 Å². The van der Waals surface area contributed by atoms with Crippen LogP contribution in [0.25, 0.3) is 0 Å². The van der Waals surface area contributed by atoms with E-state index in [9.17, 15) is 0 Å². The van der Waals surface area contributed by atoms with Gasteiger partial charge in [-0.05, 0) is 121 Å². The minimum Gasteiger partial charge on any atom is -0.116 e. The van der Waals surface area contributed by atoms with Gasteiger partial charge in [-0.3, -0.25) is 0 Å². The van der Waals surface area contributed by atoms with Crippen molar-refractivity contribution < 1.29 is 26.2 Å². The predicted octanol–water partition coefficient (Wildman–Crippen LogP) is 5.88. The van der Waals surface area contributed by atoms with Gasteiger partial charge in [-0.15, -0.1) is 7.92 Å². The molecule has 23 heavy (non-hydrogen) atoms. The first kappa shape index (κ1) is 26.2. The van der Waals surface area contributed by atoms with Crippen molar-refractivity contribution >= 4 is 16.1 Å². The molecule has 12 radical (unpaired) electrons. The molecule has 0 amide bonds. The maximum atomic E-state index is 3.02. The second-order valence-electron chi connectivity index (χ2n) is 5.07. The van der Waals surface area contributed by atoms with Crippen molar-refractivity contribution in [1.82, 2.24) is 0 Å². The molecular weight excluding hydrogens is 393 g/mol. The fourth-order valence-electron chi connectivity index (χ4n) is 1.08. The van der Waals surface area contributed by atoms with Gasteiger partial charge in [0.25, 0.3) is 0 Å². The summed E-state index contributed by atoms with van der Waals surface area (Å²) in [6.07, 6.45) is 20.0. The van der Waals surface area contributed by atoms with Crippen LogP contribution in [0, 0.1) is 89.9 Å². The fraction of sp³-hybridized carbons (Fsp3) is 0.250. The average Bonchev–Trinajstić information content (AvgIpc) is 3.20. The Bertz CT molecular complexity index is 296. The van der Waals surface area contributed by atoms with Crippen LogP contribution in [0.2, 0.25) is 0 Å². The molecule has 0 unspecified atom stereocenters. The molecule has 0 aliphatic heterocycles. The number of aryl methyl sites for hydroxylation is 2. The SMILES string of the molecule is CP(C)C.Cc1[c][c]pcc1C.[CH]1[CH][CH][CH][CH]1.[CH]1[CH][CH][CH][CH]1.[Zr]. The van der Waals surface area contributed by atoms with Gasteiger partial charge in [0.15, 0.2) is 0 Å². The second-order valence-corrected chi connectivity index (χ2v) is 8.49. The summed E-state index contributed by atoms with van der Waals surface area (Å²) >= 11 is 0. The second kappa shape index (κ2) is 19.3. The van der Waals surface area contributed by atoms with Gasteiger partial charge in [0, 0.05) is 32.0 Å². The summed E-state index contributed by atoms with van der Waals surface area (Å²) in [7, 11) is 1.52. The van der Waals surface area contributed by atoms with Crippen molar-refractivity contribution in [3.05, 3.63) is 93.0 Å². The summed E-state index contributed by atoms with van der Waals surface area (Å²) < 4.78 is 0. The Kier molecular flexibility index (Phi) is 22.0. The van der Waals surface area contributed by atoms with E-state index < -0.39 is 0 Å². The normalized spacial score (nSPS) is 15.6. The molecule has 0 spiro atoms. The largest absolute Gasteiger partial charge is 0.116 e. The Labute approximate surface area is 168 Å². The summed E-state index contributed by atoms with van der Waals surface area (Å²) in [5.41, 5.74) is 2.54. The molecule has 0 N–H and O–H groups in total. The van der Waals surface area contributed by atoms with Gasteiger partial charge < -0.3 is 0 Å². The van der Waals surface area contributed by atoms with E-state index in [4.69, 9.17) is 0 Å². The molecule has 2 aliphatic rings. The van der Waals surface area contributed by atoms with Crippen LogP contribution in [-0.4, -0.2) is 20.0 Å². The molecule has 1 aromatic heterocycles. The molecule has 3 heteroatoms. The number of hydrogen-bond donors (Lipinski definition) is 0. The smallest absolute Gasteiger partial charge is 0.0224 e. The molecule has 0 bridgehead atoms. The monoisotopic (exact) mass is 418 g/mol. The Hall–Kier alpha value is 0.963. The van der Waals surface area contributed by atoms with Crippen molar-refractivity contribution in [1.29, 1.82) is 0 Å². The zero-order chi connectivity index (χ0) is 16.6. The molecule has 3 rings (SSSR count). The van der Waals surface area contributed by atoms with Crippen LogP contribution in [0.15, 0.2) is 5.80 Å². The topological polar surface area (TPSA) is 0 Å². The molecule has 2 fully saturated rings. The first-order chi connectivity index (χ1) is 10.5.